The Labute approximate surface area is 120 Å². The standard InChI is InChI=1S/C14H18BrF3O/c1-13(2,3)6-7-19-12-5-4-10(9-15)8-11(12)14(16,17)18/h4-5,8H,6-7,9H2,1-3H3. The maximum Gasteiger partial charge on any atom is 0.419 e. The number of ether oxygens (including phenoxy) is 1. The molecule has 0 N–H and O–H groups in total. The van der Waals surface area contributed by atoms with Crippen LogP contribution in [0.15, 0.2) is 18.2 Å². The van der Waals surface area contributed by atoms with Gasteiger partial charge in [-0.3, -0.25) is 0 Å². The average Bonchev–Trinajstić information content (AvgIpc) is 2.26. The first-order valence-corrected chi connectivity index (χ1v) is 7.14. The zero-order valence-corrected chi connectivity index (χ0v) is 12.9. The van der Waals surface area contributed by atoms with Crippen LogP contribution in [0.1, 0.15) is 38.3 Å². The molecule has 1 aromatic rings. The van der Waals surface area contributed by atoms with Crippen LogP contribution in [-0.4, -0.2) is 6.61 Å². The highest BCUT2D eigenvalue weighted by Gasteiger charge is 2.34. The van der Waals surface area contributed by atoms with Crippen molar-refractivity contribution in [1.29, 1.82) is 0 Å². The molecule has 0 amide bonds. The van der Waals surface area contributed by atoms with E-state index in [1.54, 1.807) is 6.07 Å². The molecule has 1 rings (SSSR count). The topological polar surface area (TPSA) is 9.23 Å². The zero-order valence-electron chi connectivity index (χ0n) is 11.3. The van der Waals surface area contributed by atoms with Gasteiger partial charge in [0.15, 0.2) is 0 Å². The molecule has 5 heteroatoms. The third-order valence-electron chi connectivity index (χ3n) is 2.61. The maximum atomic E-state index is 12.9. The number of benzene rings is 1. The van der Waals surface area contributed by atoms with E-state index in [1.165, 1.54) is 6.07 Å². The van der Waals surface area contributed by atoms with Crippen LogP contribution in [-0.2, 0) is 11.5 Å². The molecule has 0 atom stereocenters. The van der Waals surface area contributed by atoms with Crippen LogP contribution in [0, 0.1) is 5.41 Å². The lowest BCUT2D eigenvalue weighted by Gasteiger charge is -2.20. The molecule has 0 saturated carbocycles. The van der Waals surface area contributed by atoms with E-state index in [9.17, 15) is 13.2 Å². The summed E-state index contributed by atoms with van der Waals surface area (Å²) in [5.41, 5.74) is -0.0948. The third kappa shape index (κ3) is 5.43. The molecule has 108 valence electrons. The molecule has 0 unspecified atom stereocenters. The Balaban J connectivity index is 2.88. The number of hydrogen-bond acceptors (Lipinski definition) is 1. The van der Waals surface area contributed by atoms with Gasteiger partial charge in [0.2, 0.25) is 0 Å². The Morgan fingerprint density at radius 1 is 1.16 bits per heavy atom. The van der Waals surface area contributed by atoms with Crippen molar-refractivity contribution in [2.45, 2.75) is 38.7 Å². The second-order valence-corrected chi connectivity index (χ2v) is 6.18. The highest BCUT2D eigenvalue weighted by atomic mass is 79.9. The highest BCUT2D eigenvalue weighted by molar-refractivity contribution is 9.08. The van der Waals surface area contributed by atoms with Gasteiger partial charge in [0.1, 0.15) is 5.75 Å². The van der Waals surface area contributed by atoms with E-state index >= 15 is 0 Å². The normalized spacial score (nSPS) is 12.6. The molecule has 1 nitrogen and oxygen atoms in total. The largest absolute Gasteiger partial charge is 0.493 e. The van der Waals surface area contributed by atoms with Crippen LogP contribution >= 0.6 is 15.9 Å². The van der Waals surface area contributed by atoms with Gasteiger partial charge in [-0.1, -0.05) is 42.8 Å². The van der Waals surface area contributed by atoms with Crippen LogP contribution in [0.3, 0.4) is 0 Å². The molecule has 1 aromatic carbocycles. The Morgan fingerprint density at radius 3 is 2.26 bits per heavy atom. The summed E-state index contributed by atoms with van der Waals surface area (Å²) in [5, 5.41) is 0.387. The molecule has 0 aliphatic heterocycles. The van der Waals surface area contributed by atoms with E-state index in [4.69, 9.17) is 4.74 Å². The number of rotatable bonds is 4. The van der Waals surface area contributed by atoms with E-state index in [0.717, 1.165) is 6.07 Å². The molecule has 0 spiro atoms. The first-order valence-electron chi connectivity index (χ1n) is 6.02. The molecular formula is C14H18BrF3O. The van der Waals surface area contributed by atoms with Crippen LogP contribution in [0.5, 0.6) is 5.75 Å². The minimum absolute atomic E-state index is 0.0359. The summed E-state index contributed by atoms with van der Waals surface area (Å²) < 4.78 is 44.1. The fourth-order valence-electron chi connectivity index (χ4n) is 1.47. The van der Waals surface area contributed by atoms with Crippen molar-refractivity contribution < 1.29 is 17.9 Å². The summed E-state index contributed by atoms with van der Waals surface area (Å²) in [6.45, 7) is 6.35. The highest BCUT2D eigenvalue weighted by Crippen LogP contribution is 2.37. The van der Waals surface area contributed by atoms with Crippen molar-refractivity contribution >= 4 is 15.9 Å². The van der Waals surface area contributed by atoms with Gasteiger partial charge in [0.05, 0.1) is 12.2 Å². The predicted molar refractivity (Wildman–Crippen MR) is 73.6 cm³/mol. The average molecular weight is 339 g/mol. The molecule has 0 heterocycles. The van der Waals surface area contributed by atoms with Crippen LogP contribution in [0.4, 0.5) is 13.2 Å². The molecule has 0 aliphatic rings. The van der Waals surface area contributed by atoms with Crippen molar-refractivity contribution in [2.24, 2.45) is 5.41 Å². The first-order chi connectivity index (χ1) is 8.63. The summed E-state index contributed by atoms with van der Waals surface area (Å²) in [7, 11) is 0. The fraction of sp³-hybridized carbons (Fsp3) is 0.571. The first kappa shape index (κ1) is 16.3. The lowest BCUT2D eigenvalue weighted by Crippen LogP contribution is -2.14. The van der Waals surface area contributed by atoms with Crippen molar-refractivity contribution in [3.05, 3.63) is 29.3 Å². The number of alkyl halides is 4. The van der Waals surface area contributed by atoms with Crippen molar-refractivity contribution in [3.8, 4) is 5.75 Å². The molecular weight excluding hydrogens is 321 g/mol. The monoisotopic (exact) mass is 338 g/mol. The SMILES string of the molecule is CC(C)(C)CCOc1ccc(CBr)cc1C(F)(F)F. The molecule has 19 heavy (non-hydrogen) atoms. The molecule has 0 radical (unpaired) electrons. The zero-order chi connectivity index (χ0) is 14.7. The van der Waals surface area contributed by atoms with Gasteiger partial charge < -0.3 is 4.74 Å². The molecule has 0 saturated heterocycles. The van der Waals surface area contributed by atoms with E-state index < -0.39 is 11.7 Å². The summed E-state index contributed by atoms with van der Waals surface area (Å²) in [6.07, 6.45) is -3.69. The Morgan fingerprint density at radius 2 is 1.79 bits per heavy atom. The lowest BCUT2D eigenvalue weighted by atomic mass is 9.93. The molecule has 0 aliphatic carbocycles. The molecule has 0 fully saturated rings. The molecule has 0 aromatic heterocycles. The van der Waals surface area contributed by atoms with Gasteiger partial charge in [0, 0.05) is 5.33 Å². The van der Waals surface area contributed by atoms with E-state index in [1.807, 2.05) is 20.8 Å². The van der Waals surface area contributed by atoms with E-state index in [-0.39, 0.29) is 17.8 Å². The Hall–Kier alpha value is -0.710. The van der Waals surface area contributed by atoms with E-state index in [2.05, 4.69) is 15.9 Å². The molecule has 0 bridgehead atoms. The summed E-state index contributed by atoms with van der Waals surface area (Å²) in [5.74, 6) is -0.0959. The van der Waals surface area contributed by atoms with Gasteiger partial charge in [-0.2, -0.15) is 13.2 Å². The summed E-state index contributed by atoms with van der Waals surface area (Å²) in [4.78, 5) is 0. The fourth-order valence-corrected chi connectivity index (χ4v) is 1.82. The smallest absolute Gasteiger partial charge is 0.419 e. The quantitative estimate of drug-likeness (QED) is 0.666. The second-order valence-electron chi connectivity index (χ2n) is 5.62. The van der Waals surface area contributed by atoms with Crippen LogP contribution in [0.25, 0.3) is 0 Å². The van der Waals surface area contributed by atoms with Crippen LogP contribution < -0.4 is 4.74 Å². The predicted octanol–water partition coefficient (Wildman–Crippen LogP) is 5.42. The van der Waals surface area contributed by atoms with Crippen LogP contribution in [0.2, 0.25) is 0 Å². The van der Waals surface area contributed by atoms with Gasteiger partial charge in [-0.25, -0.2) is 0 Å². The Kier molecular flexibility index (Phi) is 5.30. The lowest BCUT2D eigenvalue weighted by molar-refractivity contribution is -0.139. The summed E-state index contributed by atoms with van der Waals surface area (Å²) >= 11 is 3.15. The van der Waals surface area contributed by atoms with Gasteiger partial charge in [0.25, 0.3) is 0 Å². The van der Waals surface area contributed by atoms with Crippen molar-refractivity contribution in [3.63, 3.8) is 0 Å². The number of hydrogen-bond donors (Lipinski definition) is 0. The second kappa shape index (κ2) is 6.16. The van der Waals surface area contributed by atoms with Crippen molar-refractivity contribution in [1.82, 2.24) is 0 Å². The summed E-state index contributed by atoms with van der Waals surface area (Å²) in [6, 6.07) is 4.15. The van der Waals surface area contributed by atoms with Gasteiger partial charge in [-0.05, 0) is 29.5 Å². The van der Waals surface area contributed by atoms with Gasteiger partial charge in [-0.15, -0.1) is 0 Å². The van der Waals surface area contributed by atoms with E-state index in [0.29, 0.717) is 17.3 Å². The maximum absolute atomic E-state index is 12.9. The Bertz CT molecular complexity index is 422. The number of halogens is 4. The third-order valence-corrected chi connectivity index (χ3v) is 3.26. The van der Waals surface area contributed by atoms with Gasteiger partial charge >= 0.3 is 6.18 Å². The van der Waals surface area contributed by atoms with Crippen molar-refractivity contribution in [2.75, 3.05) is 6.61 Å². The minimum atomic E-state index is -4.39. The minimum Gasteiger partial charge on any atom is -0.493 e.